The van der Waals surface area contributed by atoms with Crippen molar-refractivity contribution in [2.24, 2.45) is 0 Å². The molecule has 4 aromatic rings. The number of benzene rings is 2. The third-order valence-corrected chi connectivity index (χ3v) is 5.44. The summed E-state index contributed by atoms with van der Waals surface area (Å²) in [5, 5.41) is 1.61. The molecule has 0 saturated heterocycles. The van der Waals surface area contributed by atoms with Crippen molar-refractivity contribution in [2.45, 2.75) is 13.8 Å². The molecule has 4 nitrogen and oxygen atoms in total. The minimum Gasteiger partial charge on any atom is -0.422 e. The quantitative estimate of drug-likeness (QED) is 0.416. The van der Waals surface area contributed by atoms with Gasteiger partial charge in [0.15, 0.2) is 0 Å². The zero-order valence-electron chi connectivity index (χ0n) is 14.7. The molecule has 6 heteroatoms. The molecule has 0 saturated carbocycles. The van der Waals surface area contributed by atoms with E-state index < -0.39 is 0 Å². The van der Waals surface area contributed by atoms with Crippen LogP contribution in [0.15, 0.2) is 57.7 Å². The van der Waals surface area contributed by atoms with Crippen molar-refractivity contribution >= 4 is 64.1 Å². The van der Waals surface area contributed by atoms with Crippen molar-refractivity contribution in [3.63, 3.8) is 0 Å². The maximum atomic E-state index is 12.5. The van der Waals surface area contributed by atoms with E-state index in [-0.39, 0.29) is 31.5 Å². The van der Waals surface area contributed by atoms with E-state index in [9.17, 15) is 4.79 Å². The molecule has 2 aromatic heterocycles. The van der Waals surface area contributed by atoms with Gasteiger partial charge in [-0.25, -0.2) is 9.78 Å². The van der Waals surface area contributed by atoms with Crippen LogP contribution in [-0.2, 0) is 0 Å². The summed E-state index contributed by atoms with van der Waals surface area (Å²) in [7, 11) is 0. The first-order valence-corrected chi connectivity index (χ1v) is 9.20. The Morgan fingerprint density at radius 3 is 2.58 bits per heavy atom. The number of anilines is 1. The predicted molar refractivity (Wildman–Crippen MR) is 110 cm³/mol. The topological polar surface area (TPSA) is 46.3 Å². The average Bonchev–Trinajstić information content (AvgIpc) is 3.06. The molecule has 0 amide bonds. The summed E-state index contributed by atoms with van der Waals surface area (Å²) in [5.41, 5.74) is 2.75. The first-order chi connectivity index (χ1) is 12.2. The Labute approximate surface area is 174 Å². The Morgan fingerprint density at radius 2 is 1.85 bits per heavy atom. The van der Waals surface area contributed by atoms with Gasteiger partial charge in [-0.3, -0.25) is 0 Å². The second-order valence-corrected chi connectivity index (χ2v) is 6.86. The van der Waals surface area contributed by atoms with Crippen LogP contribution < -0.4 is 10.5 Å². The summed E-state index contributed by atoms with van der Waals surface area (Å²) >= 11 is 1.51. The molecule has 0 spiro atoms. The molecule has 0 unspecified atom stereocenters. The molecule has 0 bridgehead atoms. The van der Waals surface area contributed by atoms with Crippen LogP contribution in [0.3, 0.4) is 0 Å². The Kier molecular flexibility index (Phi) is 5.73. The van der Waals surface area contributed by atoms with Gasteiger partial charge in [0, 0.05) is 30.2 Å². The van der Waals surface area contributed by atoms with E-state index in [1.54, 1.807) is 0 Å². The summed E-state index contributed by atoms with van der Waals surface area (Å²) in [6, 6.07) is 15.8. The number of hydrogen-bond donors (Lipinski definition) is 0. The fraction of sp³-hybridized carbons (Fsp3) is 0.200. The maximum absolute atomic E-state index is 12.5. The van der Waals surface area contributed by atoms with Gasteiger partial charge in [-0.05, 0) is 44.2 Å². The van der Waals surface area contributed by atoms with Crippen molar-refractivity contribution in [1.29, 1.82) is 0 Å². The molecule has 0 aliphatic heterocycles. The molecule has 0 aliphatic carbocycles. The maximum Gasteiger partial charge on any atom is 3.00 e. The predicted octanol–water partition coefficient (Wildman–Crippen LogP) is 4.54. The molecular weight excluding hydrogens is 447 g/mol. The number of aromatic nitrogens is 1. The number of rotatable bonds is 4. The molecule has 26 heavy (non-hydrogen) atoms. The third kappa shape index (κ3) is 3.40. The number of nitrogens with zero attached hydrogens (tertiary/aromatic N) is 2. The largest absolute Gasteiger partial charge is 3.00 e. The zero-order chi connectivity index (χ0) is 17.4. The van der Waals surface area contributed by atoms with Crippen molar-refractivity contribution in [1.82, 2.24) is 4.98 Å². The van der Waals surface area contributed by atoms with Crippen molar-refractivity contribution in [3.8, 4) is 10.6 Å². The van der Waals surface area contributed by atoms with Gasteiger partial charge >= 0.3 is 31.5 Å². The first-order valence-electron chi connectivity index (χ1n) is 8.38. The van der Waals surface area contributed by atoms with Crippen molar-refractivity contribution in [2.75, 3.05) is 18.0 Å². The van der Waals surface area contributed by atoms with Crippen LogP contribution in [0.1, 0.15) is 13.8 Å². The van der Waals surface area contributed by atoms with Crippen LogP contribution in [0.4, 0.5) is 5.69 Å². The summed E-state index contributed by atoms with van der Waals surface area (Å²) < 4.78 is 6.67. The zero-order valence-corrected chi connectivity index (χ0v) is 18.8. The Balaban J connectivity index is 0.00000196. The van der Waals surface area contributed by atoms with Gasteiger partial charge in [0.25, 0.3) is 0 Å². The summed E-state index contributed by atoms with van der Waals surface area (Å²) in [6.45, 7) is 6.05. The van der Waals surface area contributed by atoms with E-state index in [2.05, 4.69) is 29.8 Å². The monoisotopic (exact) mass is 465 g/mol. The standard InChI is InChI=1S/C20H18N2O2S.In/c1-3-22(4-2)14-10-9-13-11-15(20(23)24-17(13)12-14)19-21-16-7-5-6-8-18(16)25-19;/h5-12H,3-4H2,1-2H3;/q;+3. The van der Waals surface area contributed by atoms with Crippen molar-refractivity contribution in [3.05, 3.63) is 59.0 Å². The second-order valence-electron chi connectivity index (χ2n) is 5.83. The molecule has 4 rings (SSSR count). The van der Waals surface area contributed by atoms with E-state index in [0.29, 0.717) is 16.2 Å². The average molecular weight is 465 g/mol. The van der Waals surface area contributed by atoms with E-state index in [1.165, 1.54) is 11.3 Å². The van der Waals surface area contributed by atoms with Crippen LogP contribution in [0.5, 0.6) is 0 Å². The third-order valence-electron chi connectivity index (χ3n) is 4.37. The molecule has 2 heterocycles. The van der Waals surface area contributed by atoms with Gasteiger partial charge < -0.3 is 9.32 Å². The molecule has 126 valence electrons. The molecule has 0 radical (unpaired) electrons. The van der Waals surface area contributed by atoms with Gasteiger partial charge in [-0.2, -0.15) is 0 Å². The number of para-hydroxylation sites is 1. The minimum atomic E-state index is -0.344. The van der Waals surface area contributed by atoms with E-state index in [0.717, 1.165) is 34.4 Å². The SMILES string of the molecule is CCN(CC)c1ccc2cc(-c3nc4ccccc4s3)c(=O)oc2c1.[In+3]. The van der Waals surface area contributed by atoms with Gasteiger partial charge in [-0.15, -0.1) is 11.3 Å². The number of hydrogen-bond acceptors (Lipinski definition) is 5. The molecule has 0 N–H and O–H groups in total. The van der Waals surface area contributed by atoms with Crippen LogP contribution >= 0.6 is 11.3 Å². The van der Waals surface area contributed by atoms with Crippen LogP contribution in [0.25, 0.3) is 31.8 Å². The van der Waals surface area contributed by atoms with Crippen LogP contribution in [0.2, 0.25) is 0 Å². The molecule has 0 fully saturated rings. The smallest absolute Gasteiger partial charge is 0.422 e. The van der Waals surface area contributed by atoms with Crippen molar-refractivity contribution < 1.29 is 4.42 Å². The Morgan fingerprint density at radius 1 is 1.08 bits per heavy atom. The van der Waals surface area contributed by atoms with Crippen LogP contribution in [0, 0.1) is 0 Å². The normalized spacial score (nSPS) is 10.8. The summed E-state index contributed by atoms with van der Waals surface area (Å²) in [5.74, 6) is 0. The molecule has 0 aliphatic rings. The molecule has 2 aromatic carbocycles. The van der Waals surface area contributed by atoms with E-state index >= 15 is 0 Å². The van der Waals surface area contributed by atoms with Gasteiger partial charge in [-0.1, -0.05) is 12.1 Å². The fourth-order valence-corrected chi connectivity index (χ4v) is 3.99. The number of fused-ring (bicyclic) bond motifs is 2. The van der Waals surface area contributed by atoms with Gasteiger partial charge in [0.05, 0.1) is 15.8 Å². The molecular formula is C20H18InN2O2S+3. The Hall–Kier alpha value is -1.79. The minimum absolute atomic E-state index is 0. The Bertz CT molecular complexity index is 1080. The fourth-order valence-electron chi connectivity index (χ4n) is 3.02. The van der Waals surface area contributed by atoms with Crippen LogP contribution in [-0.4, -0.2) is 43.9 Å². The van der Waals surface area contributed by atoms with E-state index in [4.69, 9.17) is 4.42 Å². The first kappa shape index (κ1) is 19.0. The summed E-state index contributed by atoms with van der Waals surface area (Å²) in [6.07, 6.45) is 0. The van der Waals surface area contributed by atoms with E-state index in [1.807, 2.05) is 42.5 Å². The molecule has 0 atom stereocenters. The number of thiazole rings is 1. The second kappa shape index (κ2) is 7.84. The van der Waals surface area contributed by atoms with Gasteiger partial charge in [0.2, 0.25) is 0 Å². The van der Waals surface area contributed by atoms with Gasteiger partial charge in [0.1, 0.15) is 10.6 Å². The summed E-state index contributed by atoms with van der Waals surface area (Å²) in [4.78, 5) is 19.3.